The van der Waals surface area contributed by atoms with Crippen molar-refractivity contribution in [1.82, 2.24) is 19.7 Å². The van der Waals surface area contributed by atoms with Crippen molar-refractivity contribution in [1.29, 1.82) is 0 Å². The minimum absolute atomic E-state index is 0.393. The van der Waals surface area contributed by atoms with Crippen LogP contribution in [0, 0.1) is 0 Å². The van der Waals surface area contributed by atoms with E-state index >= 15 is 0 Å². The van der Waals surface area contributed by atoms with E-state index in [1.807, 2.05) is 0 Å². The smallest absolute Gasteiger partial charge is 0.173 e. The third kappa shape index (κ3) is 1.71. The third-order valence-electron chi connectivity index (χ3n) is 1.67. The number of pyridine rings is 1. The van der Waals surface area contributed by atoms with Gasteiger partial charge in [0.2, 0.25) is 0 Å². The number of hydrogen-bond donors (Lipinski definition) is 0. The molecule has 0 unspecified atom stereocenters. The predicted molar refractivity (Wildman–Crippen MR) is 53.7 cm³/mol. The van der Waals surface area contributed by atoms with Crippen molar-refractivity contribution in [2.24, 2.45) is 0 Å². The fourth-order valence-corrected chi connectivity index (χ4v) is 1.45. The molecular weight excluding hydrogens is 223 g/mol. The topological polar surface area (TPSA) is 43.6 Å². The van der Waals surface area contributed by atoms with Crippen LogP contribution in [0.15, 0.2) is 24.9 Å². The van der Waals surface area contributed by atoms with Crippen LogP contribution in [0.25, 0.3) is 5.82 Å². The highest BCUT2D eigenvalue weighted by Gasteiger charge is 2.05. The van der Waals surface area contributed by atoms with Crippen LogP contribution in [0.4, 0.5) is 0 Å². The fraction of sp³-hybridized carbons (Fsp3) is 0.125. The average molecular weight is 229 g/mol. The lowest BCUT2D eigenvalue weighted by atomic mass is 10.3. The number of aromatic nitrogens is 4. The summed E-state index contributed by atoms with van der Waals surface area (Å²) in [5.74, 6) is 0.947. The third-order valence-corrected chi connectivity index (χ3v) is 2.26. The molecule has 0 aromatic carbocycles. The number of rotatable bonds is 2. The van der Waals surface area contributed by atoms with Gasteiger partial charge in [0.15, 0.2) is 5.82 Å². The largest absolute Gasteiger partial charge is 0.235 e. The minimum atomic E-state index is 0.393. The molecule has 72 valence electrons. The monoisotopic (exact) mass is 228 g/mol. The maximum absolute atomic E-state index is 5.99. The lowest BCUT2D eigenvalue weighted by Gasteiger charge is -2.03. The van der Waals surface area contributed by atoms with E-state index in [1.165, 1.54) is 17.3 Å². The first-order valence-electron chi connectivity index (χ1n) is 3.86. The summed E-state index contributed by atoms with van der Waals surface area (Å²) in [6, 6.07) is 1.76. The van der Waals surface area contributed by atoms with Gasteiger partial charge in [0.1, 0.15) is 12.7 Å². The zero-order chi connectivity index (χ0) is 9.97. The Morgan fingerprint density at radius 2 is 2.29 bits per heavy atom. The molecule has 0 aliphatic heterocycles. The summed E-state index contributed by atoms with van der Waals surface area (Å²) >= 11 is 11.6. The Balaban J connectivity index is 2.46. The summed E-state index contributed by atoms with van der Waals surface area (Å²) in [5.41, 5.74) is 0.875. The van der Waals surface area contributed by atoms with Gasteiger partial charge in [0, 0.05) is 12.1 Å². The highest BCUT2D eigenvalue weighted by atomic mass is 35.5. The summed E-state index contributed by atoms with van der Waals surface area (Å²) in [7, 11) is 0. The second-order valence-corrected chi connectivity index (χ2v) is 3.30. The van der Waals surface area contributed by atoms with E-state index in [2.05, 4.69) is 15.1 Å². The Morgan fingerprint density at radius 1 is 1.43 bits per heavy atom. The van der Waals surface area contributed by atoms with Gasteiger partial charge in [-0.2, -0.15) is 5.10 Å². The molecule has 2 aromatic rings. The summed E-state index contributed by atoms with van der Waals surface area (Å²) in [6.07, 6.45) is 4.62. The number of halogens is 2. The van der Waals surface area contributed by atoms with Gasteiger partial charge in [0.25, 0.3) is 0 Å². The maximum Gasteiger partial charge on any atom is 0.173 e. The molecule has 0 saturated carbocycles. The molecule has 0 radical (unpaired) electrons. The van der Waals surface area contributed by atoms with Gasteiger partial charge in [-0.1, -0.05) is 11.6 Å². The van der Waals surface area contributed by atoms with Crippen LogP contribution in [0.5, 0.6) is 0 Å². The zero-order valence-electron chi connectivity index (χ0n) is 7.06. The molecule has 2 heterocycles. The van der Waals surface area contributed by atoms with Gasteiger partial charge >= 0.3 is 0 Å². The Labute approximate surface area is 90.5 Å². The molecule has 14 heavy (non-hydrogen) atoms. The second-order valence-electron chi connectivity index (χ2n) is 2.62. The minimum Gasteiger partial charge on any atom is -0.235 e. The van der Waals surface area contributed by atoms with Crippen molar-refractivity contribution in [3.63, 3.8) is 0 Å². The SMILES string of the molecule is ClCc1cnc(-n2cncn2)c(Cl)c1. The molecule has 0 spiro atoms. The van der Waals surface area contributed by atoms with Crippen LogP contribution in [0.3, 0.4) is 0 Å². The molecule has 0 fully saturated rings. The molecule has 0 atom stereocenters. The van der Waals surface area contributed by atoms with Gasteiger partial charge in [-0.15, -0.1) is 11.6 Å². The van der Waals surface area contributed by atoms with Crippen molar-refractivity contribution >= 4 is 23.2 Å². The van der Waals surface area contributed by atoms with Gasteiger partial charge < -0.3 is 0 Å². The van der Waals surface area contributed by atoms with Crippen molar-refractivity contribution < 1.29 is 0 Å². The Kier molecular flexibility index (Phi) is 2.65. The van der Waals surface area contributed by atoms with E-state index in [0.29, 0.717) is 16.7 Å². The van der Waals surface area contributed by atoms with Crippen molar-refractivity contribution in [3.05, 3.63) is 35.5 Å². The quantitative estimate of drug-likeness (QED) is 0.740. The van der Waals surface area contributed by atoms with E-state index in [9.17, 15) is 0 Å². The molecule has 6 heteroatoms. The first-order chi connectivity index (χ1) is 6.81. The van der Waals surface area contributed by atoms with Crippen molar-refractivity contribution in [2.45, 2.75) is 5.88 Å². The number of hydrogen-bond acceptors (Lipinski definition) is 3. The van der Waals surface area contributed by atoms with Gasteiger partial charge in [-0.05, 0) is 11.6 Å². The normalized spacial score (nSPS) is 10.4. The van der Waals surface area contributed by atoms with E-state index < -0.39 is 0 Å². The molecule has 0 N–H and O–H groups in total. The Bertz CT molecular complexity index is 427. The molecule has 2 aromatic heterocycles. The van der Waals surface area contributed by atoms with E-state index in [1.54, 1.807) is 12.3 Å². The molecule has 0 saturated heterocycles. The van der Waals surface area contributed by atoms with E-state index in [-0.39, 0.29) is 0 Å². The molecule has 0 aliphatic carbocycles. The van der Waals surface area contributed by atoms with E-state index in [4.69, 9.17) is 23.2 Å². The molecule has 0 bridgehead atoms. The summed E-state index contributed by atoms with van der Waals surface area (Å²) in [6.45, 7) is 0. The lowest BCUT2D eigenvalue weighted by Crippen LogP contribution is -1.99. The predicted octanol–water partition coefficient (Wildman–Crippen LogP) is 2.05. The summed E-state index contributed by atoms with van der Waals surface area (Å²) in [5, 5.41) is 4.44. The van der Waals surface area contributed by atoms with Crippen molar-refractivity contribution in [3.8, 4) is 5.82 Å². The van der Waals surface area contributed by atoms with Crippen LogP contribution in [-0.2, 0) is 5.88 Å². The van der Waals surface area contributed by atoms with Crippen LogP contribution >= 0.6 is 23.2 Å². The van der Waals surface area contributed by atoms with Gasteiger partial charge in [-0.3, -0.25) is 0 Å². The Hall–Kier alpha value is -1.13. The first kappa shape index (κ1) is 9.43. The Morgan fingerprint density at radius 3 is 2.86 bits per heavy atom. The highest BCUT2D eigenvalue weighted by Crippen LogP contribution is 2.18. The molecule has 0 amide bonds. The maximum atomic E-state index is 5.99. The summed E-state index contributed by atoms with van der Waals surface area (Å²) < 4.78 is 1.50. The summed E-state index contributed by atoms with van der Waals surface area (Å²) in [4.78, 5) is 7.95. The van der Waals surface area contributed by atoms with Gasteiger partial charge in [0.05, 0.1) is 5.02 Å². The standard InChI is InChI=1S/C8H6Cl2N4/c9-2-6-1-7(10)8(12-3-6)14-5-11-4-13-14/h1,3-5H,2H2. The van der Waals surface area contributed by atoms with Crippen molar-refractivity contribution in [2.75, 3.05) is 0 Å². The van der Waals surface area contributed by atoms with Gasteiger partial charge in [-0.25, -0.2) is 14.6 Å². The van der Waals surface area contributed by atoms with Crippen LogP contribution in [0.1, 0.15) is 5.56 Å². The number of alkyl halides is 1. The van der Waals surface area contributed by atoms with Crippen LogP contribution in [0.2, 0.25) is 5.02 Å². The van der Waals surface area contributed by atoms with E-state index in [0.717, 1.165) is 5.56 Å². The first-order valence-corrected chi connectivity index (χ1v) is 4.78. The molecule has 2 rings (SSSR count). The molecular formula is C8H6Cl2N4. The fourth-order valence-electron chi connectivity index (χ4n) is 1.03. The molecule has 0 aliphatic rings. The van der Waals surface area contributed by atoms with Crippen LogP contribution in [-0.4, -0.2) is 19.7 Å². The van der Waals surface area contributed by atoms with Crippen LogP contribution < -0.4 is 0 Å². The average Bonchev–Trinajstić information content (AvgIpc) is 2.70. The highest BCUT2D eigenvalue weighted by molar-refractivity contribution is 6.32. The lowest BCUT2D eigenvalue weighted by molar-refractivity contribution is 0.843. The second kappa shape index (κ2) is 3.94. The zero-order valence-corrected chi connectivity index (χ0v) is 8.57. The number of nitrogens with zero attached hydrogens (tertiary/aromatic N) is 4. The molecule has 4 nitrogen and oxygen atoms in total.